The van der Waals surface area contributed by atoms with Crippen molar-refractivity contribution in [1.82, 2.24) is 0 Å². The van der Waals surface area contributed by atoms with Crippen molar-refractivity contribution in [2.24, 2.45) is 0 Å². The zero-order valence-electron chi connectivity index (χ0n) is 11.8. The number of fused-ring (bicyclic) bond motifs is 3. The van der Waals surface area contributed by atoms with Gasteiger partial charge in [0, 0.05) is 16.1 Å². The van der Waals surface area contributed by atoms with E-state index in [1.807, 2.05) is 0 Å². The molecule has 2 aromatic rings. The molecule has 0 spiro atoms. The summed E-state index contributed by atoms with van der Waals surface area (Å²) in [7, 11) is -4.34. The van der Waals surface area contributed by atoms with Gasteiger partial charge in [-0.05, 0) is 30.3 Å². The Labute approximate surface area is 142 Å². The van der Waals surface area contributed by atoms with Gasteiger partial charge in [0.25, 0.3) is 10.0 Å². The average molecular weight is 402 g/mol. The van der Waals surface area contributed by atoms with Gasteiger partial charge >= 0.3 is 12.4 Å². The zero-order valence-corrected chi connectivity index (χ0v) is 13.3. The second kappa shape index (κ2) is 5.28. The minimum Gasteiger partial charge on any atom is -0.279 e. The van der Waals surface area contributed by atoms with E-state index in [1.165, 1.54) is 0 Å². The summed E-state index contributed by atoms with van der Waals surface area (Å²) in [5.41, 5.74) is -5.15. The smallest absolute Gasteiger partial charge is 0.279 e. The van der Waals surface area contributed by atoms with Gasteiger partial charge in [0.05, 0.1) is 21.7 Å². The molecule has 0 aliphatic carbocycles. The lowest BCUT2D eigenvalue weighted by atomic mass is 9.94. The predicted molar refractivity (Wildman–Crippen MR) is 77.7 cm³/mol. The molecule has 0 saturated heterocycles. The SMILES string of the molecule is O=S1(=O)Nc2cc(C(F)(F)F)cc(C(F)(F)F)c2-c2cc(Cl)ccc21. The van der Waals surface area contributed by atoms with E-state index in [0.717, 1.165) is 18.2 Å². The highest BCUT2D eigenvalue weighted by Crippen LogP contribution is 2.49. The standard InChI is InChI=1S/C14H6ClF6NO2S/c15-7-1-2-11-8(5-7)12-9(14(19,20)21)3-6(13(16,17)18)4-10(12)22-25(11,23)24/h1-5,22H. The lowest BCUT2D eigenvalue weighted by Crippen LogP contribution is -2.22. The molecule has 2 aromatic carbocycles. The molecule has 0 amide bonds. The van der Waals surface area contributed by atoms with E-state index in [9.17, 15) is 34.8 Å². The van der Waals surface area contributed by atoms with E-state index < -0.39 is 55.2 Å². The number of rotatable bonds is 0. The Bertz CT molecular complexity index is 982. The van der Waals surface area contributed by atoms with Crippen LogP contribution in [0.3, 0.4) is 0 Å². The maximum atomic E-state index is 13.4. The topological polar surface area (TPSA) is 46.2 Å². The minimum atomic E-state index is -5.15. The first-order valence-electron chi connectivity index (χ1n) is 6.46. The monoisotopic (exact) mass is 401 g/mol. The van der Waals surface area contributed by atoms with Crippen LogP contribution < -0.4 is 4.72 Å². The summed E-state index contributed by atoms with van der Waals surface area (Å²) < 4.78 is 105. The normalized spacial score (nSPS) is 16.0. The summed E-state index contributed by atoms with van der Waals surface area (Å²) in [6.45, 7) is 0. The molecule has 0 atom stereocenters. The van der Waals surface area contributed by atoms with E-state index in [0.29, 0.717) is 6.07 Å². The Hall–Kier alpha value is -1.94. The number of hydrogen-bond donors (Lipinski definition) is 1. The minimum absolute atomic E-state index is 0.0524. The van der Waals surface area contributed by atoms with Gasteiger partial charge in [0.15, 0.2) is 0 Å². The van der Waals surface area contributed by atoms with Gasteiger partial charge in [-0.1, -0.05) is 11.6 Å². The molecular weight excluding hydrogens is 396 g/mol. The highest BCUT2D eigenvalue weighted by Gasteiger charge is 2.42. The molecular formula is C14H6ClF6NO2S. The van der Waals surface area contributed by atoms with Crippen LogP contribution in [0, 0.1) is 0 Å². The van der Waals surface area contributed by atoms with Crippen molar-refractivity contribution in [3.05, 3.63) is 46.5 Å². The number of halogens is 7. The molecule has 0 saturated carbocycles. The first-order chi connectivity index (χ1) is 11.3. The molecule has 3 nitrogen and oxygen atoms in total. The van der Waals surface area contributed by atoms with Crippen LogP contribution in [0.5, 0.6) is 0 Å². The molecule has 11 heteroatoms. The summed E-state index contributed by atoms with van der Waals surface area (Å²) >= 11 is 5.73. The molecule has 0 radical (unpaired) electrons. The maximum absolute atomic E-state index is 13.4. The second-order valence-corrected chi connectivity index (χ2v) is 7.28. The summed E-state index contributed by atoms with van der Waals surface area (Å²) in [6.07, 6.45) is -10.2. The first-order valence-corrected chi connectivity index (χ1v) is 8.32. The molecule has 1 N–H and O–H groups in total. The molecule has 25 heavy (non-hydrogen) atoms. The summed E-state index contributed by atoms with van der Waals surface area (Å²) in [5.74, 6) is 0. The van der Waals surface area contributed by atoms with E-state index in [1.54, 1.807) is 4.72 Å². The van der Waals surface area contributed by atoms with Crippen LogP contribution in [0.4, 0.5) is 32.0 Å². The van der Waals surface area contributed by atoms with Crippen molar-refractivity contribution in [3.8, 4) is 11.1 Å². The Morgan fingerprint density at radius 3 is 2.12 bits per heavy atom. The number of nitrogens with one attached hydrogen (secondary N) is 1. The van der Waals surface area contributed by atoms with E-state index in [4.69, 9.17) is 11.6 Å². The molecule has 0 fully saturated rings. The third-order valence-corrected chi connectivity index (χ3v) is 5.17. The second-order valence-electron chi connectivity index (χ2n) is 5.19. The van der Waals surface area contributed by atoms with Gasteiger partial charge in [-0.2, -0.15) is 26.3 Å². The zero-order chi connectivity index (χ0) is 18.8. The maximum Gasteiger partial charge on any atom is 0.417 e. The van der Waals surface area contributed by atoms with Crippen molar-refractivity contribution < 1.29 is 34.8 Å². The van der Waals surface area contributed by atoms with Crippen LogP contribution in [-0.2, 0) is 22.4 Å². The van der Waals surface area contributed by atoms with Crippen molar-refractivity contribution in [2.45, 2.75) is 17.2 Å². The van der Waals surface area contributed by atoms with Crippen molar-refractivity contribution >= 4 is 27.3 Å². The van der Waals surface area contributed by atoms with E-state index in [2.05, 4.69) is 0 Å². The number of anilines is 1. The van der Waals surface area contributed by atoms with Crippen LogP contribution in [0.1, 0.15) is 11.1 Å². The molecule has 0 bridgehead atoms. The highest BCUT2D eigenvalue weighted by atomic mass is 35.5. The fourth-order valence-electron chi connectivity index (χ4n) is 2.53. The Balaban J connectivity index is 2.46. The van der Waals surface area contributed by atoms with Gasteiger partial charge in [-0.25, -0.2) is 8.42 Å². The fourth-order valence-corrected chi connectivity index (χ4v) is 3.96. The lowest BCUT2D eigenvalue weighted by Gasteiger charge is -2.26. The number of hydrogen-bond acceptors (Lipinski definition) is 2. The number of alkyl halides is 6. The van der Waals surface area contributed by atoms with Crippen LogP contribution in [0.25, 0.3) is 11.1 Å². The van der Waals surface area contributed by atoms with Crippen molar-refractivity contribution in [1.29, 1.82) is 0 Å². The van der Waals surface area contributed by atoms with Crippen LogP contribution in [-0.4, -0.2) is 8.42 Å². The summed E-state index contributed by atoms with van der Waals surface area (Å²) in [4.78, 5) is -0.505. The first kappa shape index (κ1) is 17.9. The van der Waals surface area contributed by atoms with Crippen molar-refractivity contribution in [2.75, 3.05) is 4.72 Å². The lowest BCUT2D eigenvalue weighted by molar-refractivity contribution is -0.142. The number of benzene rings is 2. The highest BCUT2D eigenvalue weighted by molar-refractivity contribution is 7.93. The molecule has 0 unspecified atom stereocenters. The average Bonchev–Trinajstić information content (AvgIpc) is 2.43. The predicted octanol–water partition coefficient (Wildman–Crippen LogP) is 5.16. The molecule has 1 heterocycles. The largest absolute Gasteiger partial charge is 0.417 e. The third kappa shape index (κ3) is 3.04. The third-order valence-electron chi connectivity index (χ3n) is 3.52. The van der Waals surface area contributed by atoms with Crippen molar-refractivity contribution in [3.63, 3.8) is 0 Å². The van der Waals surface area contributed by atoms with Crippen LogP contribution in [0.15, 0.2) is 35.2 Å². The molecule has 134 valence electrons. The van der Waals surface area contributed by atoms with Gasteiger partial charge in [-0.3, -0.25) is 4.72 Å². The summed E-state index contributed by atoms with van der Waals surface area (Å²) in [5, 5.41) is -0.0603. The Morgan fingerprint density at radius 2 is 1.56 bits per heavy atom. The summed E-state index contributed by atoms with van der Waals surface area (Å²) in [6, 6.07) is 3.38. The van der Waals surface area contributed by atoms with E-state index in [-0.39, 0.29) is 11.1 Å². The quantitative estimate of drug-likeness (QED) is 0.620. The molecule has 1 aliphatic rings. The van der Waals surface area contributed by atoms with Crippen LogP contribution >= 0.6 is 11.6 Å². The fraction of sp³-hybridized carbons (Fsp3) is 0.143. The Kier molecular flexibility index (Phi) is 3.77. The van der Waals surface area contributed by atoms with Gasteiger partial charge < -0.3 is 0 Å². The van der Waals surface area contributed by atoms with Crippen LogP contribution in [0.2, 0.25) is 5.02 Å². The molecule has 0 aromatic heterocycles. The van der Waals surface area contributed by atoms with Gasteiger partial charge in [-0.15, -0.1) is 0 Å². The van der Waals surface area contributed by atoms with Gasteiger partial charge in [0.2, 0.25) is 0 Å². The molecule has 3 rings (SSSR count). The van der Waals surface area contributed by atoms with E-state index >= 15 is 0 Å². The molecule has 1 aliphatic heterocycles. The number of sulfonamides is 1. The van der Waals surface area contributed by atoms with Gasteiger partial charge in [0.1, 0.15) is 0 Å². The Morgan fingerprint density at radius 1 is 0.920 bits per heavy atom.